The van der Waals surface area contributed by atoms with E-state index in [1.807, 2.05) is 12.1 Å². The quantitative estimate of drug-likeness (QED) is 0.853. The summed E-state index contributed by atoms with van der Waals surface area (Å²) in [7, 11) is 0. The molecule has 0 bridgehead atoms. The predicted octanol–water partition coefficient (Wildman–Crippen LogP) is 0.997. The van der Waals surface area contributed by atoms with Crippen molar-refractivity contribution < 1.29 is 9.53 Å². The summed E-state index contributed by atoms with van der Waals surface area (Å²) in [6.07, 6.45) is 5.01. The van der Waals surface area contributed by atoms with Crippen molar-refractivity contribution >= 4 is 17.5 Å². The molecule has 2 aromatic rings. The molecule has 1 aliphatic heterocycles. The van der Waals surface area contributed by atoms with Gasteiger partial charge in [0, 0.05) is 38.2 Å². The lowest BCUT2D eigenvalue weighted by Crippen LogP contribution is -2.45. The summed E-state index contributed by atoms with van der Waals surface area (Å²) in [6, 6.07) is 3.91. The Morgan fingerprint density at radius 1 is 1.24 bits per heavy atom. The van der Waals surface area contributed by atoms with E-state index in [0.717, 1.165) is 24.5 Å². The minimum absolute atomic E-state index is 0.115. The number of carbonyl (C=O) groups is 1. The molecule has 0 aromatic carbocycles. The number of aromatic nitrogens is 3. The number of nitrogens with one attached hydrogen (secondary N) is 1. The minimum Gasteiger partial charge on any atom is -0.382 e. The number of amides is 1. The van der Waals surface area contributed by atoms with Crippen LogP contribution in [0, 0.1) is 0 Å². The monoisotopic (exact) mass is 342 g/mol. The van der Waals surface area contributed by atoms with Crippen LogP contribution in [0.5, 0.6) is 0 Å². The van der Waals surface area contributed by atoms with Crippen LogP contribution in [0.2, 0.25) is 0 Å². The van der Waals surface area contributed by atoms with Gasteiger partial charge in [-0.05, 0) is 25.5 Å². The zero-order valence-corrected chi connectivity index (χ0v) is 14.3. The number of anilines is 2. The fourth-order valence-electron chi connectivity index (χ4n) is 2.86. The highest BCUT2D eigenvalue weighted by atomic mass is 16.5. The number of pyridine rings is 1. The summed E-state index contributed by atoms with van der Waals surface area (Å²) in [5.74, 6) is 0.671. The van der Waals surface area contributed by atoms with E-state index in [4.69, 9.17) is 10.5 Å². The van der Waals surface area contributed by atoms with E-state index in [-0.39, 0.29) is 29.6 Å². The maximum atomic E-state index is 12.1. The van der Waals surface area contributed by atoms with Gasteiger partial charge in [-0.2, -0.15) is 0 Å². The fourth-order valence-corrected chi connectivity index (χ4v) is 2.86. The van der Waals surface area contributed by atoms with E-state index in [1.54, 1.807) is 6.20 Å². The molecule has 0 aliphatic carbocycles. The number of carbonyl (C=O) groups excluding carboxylic acids is 1. The molecular weight excluding hydrogens is 320 g/mol. The second-order valence-electron chi connectivity index (χ2n) is 6.16. The summed E-state index contributed by atoms with van der Waals surface area (Å²) in [5.41, 5.74) is 6.68. The van der Waals surface area contributed by atoms with Gasteiger partial charge >= 0.3 is 0 Å². The predicted molar refractivity (Wildman–Crippen MR) is 94.1 cm³/mol. The number of ether oxygens (including phenoxy) is 1. The molecule has 3 heterocycles. The Morgan fingerprint density at radius 3 is 2.60 bits per heavy atom. The molecule has 2 aromatic heterocycles. The van der Waals surface area contributed by atoms with Crippen molar-refractivity contribution in [1.29, 1.82) is 0 Å². The van der Waals surface area contributed by atoms with Crippen molar-refractivity contribution in [3.8, 4) is 0 Å². The third kappa shape index (κ3) is 4.21. The lowest BCUT2D eigenvalue weighted by Gasteiger charge is -2.36. The van der Waals surface area contributed by atoms with Gasteiger partial charge in [0.15, 0.2) is 11.5 Å². The van der Waals surface area contributed by atoms with Crippen LogP contribution in [0.15, 0.2) is 30.7 Å². The first-order valence-corrected chi connectivity index (χ1v) is 8.23. The van der Waals surface area contributed by atoms with Gasteiger partial charge in [-0.3, -0.25) is 4.79 Å². The van der Waals surface area contributed by atoms with Crippen molar-refractivity contribution in [2.75, 3.05) is 23.7 Å². The van der Waals surface area contributed by atoms with Crippen LogP contribution in [0.1, 0.15) is 29.9 Å². The van der Waals surface area contributed by atoms with E-state index < -0.39 is 0 Å². The first kappa shape index (κ1) is 17.1. The minimum atomic E-state index is -0.356. The van der Waals surface area contributed by atoms with Crippen molar-refractivity contribution in [1.82, 2.24) is 20.3 Å². The number of nitrogen functional groups attached to an aromatic ring is 1. The first-order valence-electron chi connectivity index (χ1n) is 8.23. The van der Waals surface area contributed by atoms with Crippen LogP contribution in [-0.2, 0) is 11.3 Å². The SMILES string of the molecule is C[C@H]1CN(c2ccc(CNC(=O)c3nccnc3N)cn2)C[C@H](C)O1. The Balaban J connectivity index is 1.59. The molecule has 1 saturated heterocycles. The molecule has 8 nitrogen and oxygen atoms in total. The summed E-state index contributed by atoms with van der Waals surface area (Å²) in [6.45, 7) is 6.10. The van der Waals surface area contributed by atoms with Crippen LogP contribution in [-0.4, -0.2) is 46.2 Å². The van der Waals surface area contributed by atoms with Crippen LogP contribution >= 0.6 is 0 Å². The molecule has 3 rings (SSSR count). The second-order valence-corrected chi connectivity index (χ2v) is 6.16. The topological polar surface area (TPSA) is 106 Å². The molecular formula is C17H22N6O2. The van der Waals surface area contributed by atoms with Gasteiger partial charge in [0.1, 0.15) is 5.82 Å². The highest BCUT2D eigenvalue weighted by Crippen LogP contribution is 2.18. The lowest BCUT2D eigenvalue weighted by molar-refractivity contribution is -0.00546. The maximum Gasteiger partial charge on any atom is 0.273 e. The highest BCUT2D eigenvalue weighted by Gasteiger charge is 2.23. The number of nitrogens with two attached hydrogens (primary N) is 1. The van der Waals surface area contributed by atoms with Gasteiger partial charge in [-0.15, -0.1) is 0 Å². The highest BCUT2D eigenvalue weighted by molar-refractivity contribution is 5.96. The molecule has 0 unspecified atom stereocenters. The summed E-state index contributed by atoms with van der Waals surface area (Å²) in [5, 5.41) is 2.77. The Bertz CT molecular complexity index is 726. The molecule has 1 amide bonds. The van der Waals surface area contributed by atoms with Crippen LogP contribution in [0.4, 0.5) is 11.6 Å². The van der Waals surface area contributed by atoms with Gasteiger partial charge in [-0.1, -0.05) is 6.07 Å². The van der Waals surface area contributed by atoms with Gasteiger partial charge < -0.3 is 20.7 Å². The molecule has 0 spiro atoms. The zero-order valence-electron chi connectivity index (χ0n) is 14.3. The number of rotatable bonds is 4. The van der Waals surface area contributed by atoms with Crippen molar-refractivity contribution in [2.45, 2.75) is 32.6 Å². The molecule has 132 valence electrons. The Kier molecular flexibility index (Phi) is 5.08. The lowest BCUT2D eigenvalue weighted by atomic mass is 10.2. The Hall–Kier alpha value is -2.74. The van der Waals surface area contributed by atoms with Gasteiger partial charge in [-0.25, -0.2) is 15.0 Å². The molecule has 3 N–H and O–H groups in total. The van der Waals surface area contributed by atoms with E-state index in [9.17, 15) is 4.79 Å². The fraction of sp³-hybridized carbons (Fsp3) is 0.412. The van der Waals surface area contributed by atoms with E-state index in [2.05, 4.69) is 39.0 Å². The number of hydrogen-bond donors (Lipinski definition) is 2. The van der Waals surface area contributed by atoms with Gasteiger partial charge in [0.2, 0.25) is 0 Å². The smallest absolute Gasteiger partial charge is 0.273 e. The normalized spacial score (nSPS) is 20.3. The van der Waals surface area contributed by atoms with Crippen LogP contribution in [0.25, 0.3) is 0 Å². The Morgan fingerprint density at radius 2 is 1.96 bits per heavy atom. The van der Waals surface area contributed by atoms with Crippen LogP contribution < -0.4 is 16.0 Å². The number of nitrogens with zero attached hydrogens (tertiary/aromatic N) is 4. The average molecular weight is 342 g/mol. The van der Waals surface area contributed by atoms with Crippen molar-refractivity contribution in [3.05, 3.63) is 42.0 Å². The molecule has 1 aliphatic rings. The first-order chi connectivity index (χ1) is 12.0. The maximum absolute atomic E-state index is 12.1. The average Bonchev–Trinajstić information content (AvgIpc) is 2.60. The second kappa shape index (κ2) is 7.43. The molecule has 8 heteroatoms. The zero-order chi connectivity index (χ0) is 17.8. The van der Waals surface area contributed by atoms with Gasteiger partial charge in [0.25, 0.3) is 5.91 Å². The van der Waals surface area contributed by atoms with Crippen molar-refractivity contribution in [3.63, 3.8) is 0 Å². The molecule has 0 radical (unpaired) electrons. The molecule has 25 heavy (non-hydrogen) atoms. The Labute approximate surface area is 146 Å². The van der Waals surface area contributed by atoms with Gasteiger partial charge in [0.05, 0.1) is 12.2 Å². The summed E-state index contributed by atoms with van der Waals surface area (Å²) in [4.78, 5) is 26.6. The van der Waals surface area contributed by atoms with Crippen LogP contribution in [0.3, 0.4) is 0 Å². The van der Waals surface area contributed by atoms with E-state index in [0.29, 0.717) is 6.54 Å². The van der Waals surface area contributed by atoms with E-state index >= 15 is 0 Å². The van der Waals surface area contributed by atoms with E-state index in [1.165, 1.54) is 12.4 Å². The molecule has 1 fully saturated rings. The summed E-state index contributed by atoms with van der Waals surface area (Å²) < 4.78 is 5.74. The largest absolute Gasteiger partial charge is 0.382 e. The third-order valence-corrected chi connectivity index (χ3v) is 3.95. The number of hydrogen-bond acceptors (Lipinski definition) is 7. The molecule has 2 atom stereocenters. The third-order valence-electron chi connectivity index (χ3n) is 3.95. The summed E-state index contributed by atoms with van der Waals surface area (Å²) >= 11 is 0. The number of morpholine rings is 1. The van der Waals surface area contributed by atoms with Crippen molar-refractivity contribution in [2.24, 2.45) is 0 Å². The molecule has 0 saturated carbocycles. The standard InChI is InChI=1S/C17H22N6O2/c1-11-9-23(10-12(2)25-11)14-4-3-13(7-21-14)8-22-17(24)15-16(18)20-6-5-19-15/h3-7,11-12H,8-10H2,1-2H3,(H2,18,20)(H,22,24)/t11-,12-/m0/s1.